The van der Waals surface area contributed by atoms with Crippen molar-refractivity contribution in [3.8, 4) is 0 Å². The molecule has 1 aromatic heterocycles. The van der Waals surface area contributed by atoms with Crippen molar-refractivity contribution >= 4 is 23.4 Å². The number of hydrogen-bond acceptors (Lipinski definition) is 5. The van der Waals surface area contributed by atoms with Crippen LogP contribution in [0.4, 0.5) is 5.69 Å². The van der Waals surface area contributed by atoms with Crippen LogP contribution in [-0.4, -0.2) is 41.2 Å². The molecule has 2 N–H and O–H groups in total. The van der Waals surface area contributed by atoms with Crippen molar-refractivity contribution in [3.05, 3.63) is 72.1 Å². The van der Waals surface area contributed by atoms with Gasteiger partial charge < -0.3 is 10.2 Å². The number of anilines is 1. The van der Waals surface area contributed by atoms with Crippen molar-refractivity contribution in [2.75, 3.05) is 25.0 Å². The van der Waals surface area contributed by atoms with Crippen LogP contribution in [-0.2, 0) is 5.75 Å². The second-order valence-electron chi connectivity index (χ2n) is 6.10. The molecule has 6 nitrogen and oxygen atoms in total. The number of carbonyl (C=O) groups excluding carboxylic acids is 1. The Kier molecular flexibility index (Phi) is 6.87. The number of nitrogens with zero attached hydrogens (tertiary/aromatic N) is 3. The number of thioether (sulfide) groups is 1. The first kappa shape index (κ1) is 19.0. The van der Waals surface area contributed by atoms with Gasteiger partial charge in [-0.2, -0.15) is 5.10 Å². The van der Waals surface area contributed by atoms with Crippen LogP contribution in [0.15, 0.2) is 66.1 Å². The van der Waals surface area contributed by atoms with Gasteiger partial charge >= 0.3 is 0 Å². The molecule has 0 aliphatic heterocycles. The van der Waals surface area contributed by atoms with E-state index < -0.39 is 0 Å². The van der Waals surface area contributed by atoms with Crippen molar-refractivity contribution in [2.45, 2.75) is 17.3 Å². The van der Waals surface area contributed by atoms with Crippen LogP contribution in [0.25, 0.3) is 0 Å². The minimum Gasteiger partial charge on any atom is -0.375 e. The lowest BCUT2D eigenvalue weighted by molar-refractivity contribution is 0.0952. The molecule has 0 spiro atoms. The van der Waals surface area contributed by atoms with E-state index in [1.807, 2.05) is 42.5 Å². The first-order valence-electron chi connectivity index (χ1n) is 8.84. The van der Waals surface area contributed by atoms with Gasteiger partial charge in [-0.25, -0.2) is 4.98 Å². The smallest absolute Gasteiger partial charge is 0.251 e. The van der Waals surface area contributed by atoms with Gasteiger partial charge in [-0.15, -0.1) is 0 Å². The summed E-state index contributed by atoms with van der Waals surface area (Å²) in [6.45, 7) is 1.52. The summed E-state index contributed by atoms with van der Waals surface area (Å²) in [5.74, 6) is 0.626. The van der Waals surface area contributed by atoms with Crippen LogP contribution in [0, 0.1) is 0 Å². The van der Waals surface area contributed by atoms with Gasteiger partial charge in [-0.1, -0.05) is 48.2 Å². The first-order valence-corrected chi connectivity index (χ1v) is 9.83. The Morgan fingerprint density at radius 1 is 1.15 bits per heavy atom. The van der Waals surface area contributed by atoms with Gasteiger partial charge in [0.1, 0.15) is 6.33 Å². The van der Waals surface area contributed by atoms with Gasteiger partial charge in [0.25, 0.3) is 5.91 Å². The van der Waals surface area contributed by atoms with E-state index in [0.29, 0.717) is 17.9 Å². The molecule has 0 aliphatic rings. The van der Waals surface area contributed by atoms with Crippen molar-refractivity contribution < 1.29 is 4.79 Å². The summed E-state index contributed by atoms with van der Waals surface area (Å²) in [5, 5.41) is 10.4. The quantitative estimate of drug-likeness (QED) is 0.439. The molecule has 0 bridgehead atoms. The summed E-state index contributed by atoms with van der Waals surface area (Å²) in [6.07, 6.45) is 2.36. The summed E-state index contributed by atoms with van der Waals surface area (Å²) >= 11 is 1.53. The minimum atomic E-state index is -0.0360. The normalized spacial score (nSPS) is 10.6. The number of rotatable bonds is 9. The van der Waals surface area contributed by atoms with Crippen LogP contribution in [0.5, 0.6) is 0 Å². The fourth-order valence-electron chi connectivity index (χ4n) is 2.70. The number of H-pyrrole nitrogens is 1. The monoisotopic (exact) mass is 381 g/mol. The van der Waals surface area contributed by atoms with Gasteiger partial charge in [0.15, 0.2) is 5.16 Å². The molecular weight excluding hydrogens is 358 g/mol. The topological polar surface area (TPSA) is 73.9 Å². The van der Waals surface area contributed by atoms with Gasteiger partial charge in [0.05, 0.1) is 0 Å². The number of hydrogen-bond donors (Lipinski definition) is 2. The van der Waals surface area contributed by atoms with Crippen molar-refractivity contribution in [1.82, 2.24) is 20.5 Å². The molecule has 2 aromatic carbocycles. The Balaban J connectivity index is 1.48. The molecular formula is C20H23N5OS. The molecule has 0 saturated carbocycles. The molecule has 0 radical (unpaired) electrons. The van der Waals surface area contributed by atoms with E-state index in [-0.39, 0.29) is 5.91 Å². The molecule has 0 fully saturated rings. The average Bonchev–Trinajstić information content (AvgIpc) is 3.24. The molecule has 7 heteroatoms. The predicted molar refractivity (Wildman–Crippen MR) is 109 cm³/mol. The second-order valence-corrected chi connectivity index (χ2v) is 7.07. The Hall–Kier alpha value is -2.80. The van der Waals surface area contributed by atoms with E-state index in [1.54, 1.807) is 0 Å². The van der Waals surface area contributed by atoms with Gasteiger partial charge in [-0.05, 0) is 30.2 Å². The van der Waals surface area contributed by atoms with E-state index in [2.05, 4.69) is 44.6 Å². The molecule has 1 amide bonds. The van der Waals surface area contributed by atoms with Gasteiger partial charge in [0, 0.05) is 37.1 Å². The summed E-state index contributed by atoms with van der Waals surface area (Å²) < 4.78 is 0. The molecule has 0 saturated heterocycles. The molecule has 0 atom stereocenters. The maximum absolute atomic E-state index is 12.6. The van der Waals surface area contributed by atoms with Gasteiger partial charge in [0.2, 0.25) is 0 Å². The zero-order chi connectivity index (χ0) is 18.9. The Labute approximate surface area is 163 Å². The van der Waals surface area contributed by atoms with Crippen molar-refractivity contribution in [1.29, 1.82) is 0 Å². The molecule has 0 aliphatic carbocycles. The fraction of sp³-hybridized carbons (Fsp3) is 0.250. The van der Waals surface area contributed by atoms with Crippen molar-refractivity contribution in [2.24, 2.45) is 0 Å². The number of aromatic amines is 1. The maximum atomic E-state index is 12.6. The summed E-state index contributed by atoms with van der Waals surface area (Å²) in [6, 6.07) is 17.9. The lowest BCUT2D eigenvalue weighted by atomic mass is 10.1. The highest BCUT2D eigenvalue weighted by Gasteiger charge is 2.11. The minimum absolute atomic E-state index is 0.0360. The lowest BCUT2D eigenvalue weighted by Gasteiger charge is -2.19. The van der Waals surface area contributed by atoms with Crippen molar-refractivity contribution in [3.63, 3.8) is 0 Å². The SMILES string of the molecule is CN(CCCNC(=O)c1ccccc1CSc1ncn[nH]1)c1ccccc1. The largest absolute Gasteiger partial charge is 0.375 e. The lowest BCUT2D eigenvalue weighted by Crippen LogP contribution is -2.28. The molecule has 0 unspecified atom stereocenters. The number of amides is 1. The Morgan fingerprint density at radius 3 is 2.70 bits per heavy atom. The van der Waals surface area contributed by atoms with E-state index in [0.717, 1.165) is 23.7 Å². The van der Waals surface area contributed by atoms with Crippen LogP contribution in [0.2, 0.25) is 0 Å². The van der Waals surface area contributed by atoms with Crippen LogP contribution in [0.1, 0.15) is 22.3 Å². The Bertz CT molecular complexity index is 839. The zero-order valence-electron chi connectivity index (χ0n) is 15.3. The van der Waals surface area contributed by atoms with Crippen LogP contribution in [0.3, 0.4) is 0 Å². The summed E-state index contributed by atoms with van der Waals surface area (Å²) in [4.78, 5) is 18.9. The number of para-hydroxylation sites is 1. The summed E-state index contributed by atoms with van der Waals surface area (Å²) in [5.41, 5.74) is 2.87. The van der Waals surface area contributed by atoms with E-state index in [9.17, 15) is 4.79 Å². The van der Waals surface area contributed by atoms with Crippen LogP contribution < -0.4 is 10.2 Å². The second kappa shape index (κ2) is 9.78. The highest BCUT2D eigenvalue weighted by molar-refractivity contribution is 7.98. The molecule has 3 aromatic rings. The standard InChI is InChI=1S/C20H23N5OS/c1-25(17-9-3-2-4-10-17)13-7-12-21-19(26)18-11-6-5-8-16(18)14-27-20-22-15-23-24-20/h2-6,8-11,15H,7,12-14H2,1H3,(H,21,26)(H,22,23,24). The van der Waals surface area contributed by atoms with E-state index in [1.165, 1.54) is 23.8 Å². The third-order valence-electron chi connectivity index (χ3n) is 4.17. The van der Waals surface area contributed by atoms with E-state index in [4.69, 9.17) is 0 Å². The van der Waals surface area contributed by atoms with Gasteiger partial charge in [-0.3, -0.25) is 9.89 Å². The van der Waals surface area contributed by atoms with E-state index >= 15 is 0 Å². The zero-order valence-corrected chi connectivity index (χ0v) is 16.1. The number of benzene rings is 2. The average molecular weight is 382 g/mol. The number of carbonyl (C=O) groups is 1. The highest BCUT2D eigenvalue weighted by atomic mass is 32.2. The highest BCUT2D eigenvalue weighted by Crippen LogP contribution is 2.21. The molecule has 3 rings (SSSR count). The fourth-order valence-corrected chi connectivity index (χ4v) is 3.49. The maximum Gasteiger partial charge on any atom is 0.251 e. The first-order chi connectivity index (χ1) is 13.2. The number of nitrogens with one attached hydrogen (secondary N) is 2. The number of aromatic nitrogens is 3. The Morgan fingerprint density at radius 2 is 1.93 bits per heavy atom. The predicted octanol–water partition coefficient (Wildman–Crippen LogP) is 3.35. The molecule has 27 heavy (non-hydrogen) atoms. The molecule has 1 heterocycles. The molecule has 140 valence electrons. The summed E-state index contributed by atoms with van der Waals surface area (Å²) in [7, 11) is 2.06. The third kappa shape index (κ3) is 5.59. The third-order valence-corrected chi connectivity index (χ3v) is 5.10. The van der Waals surface area contributed by atoms with Crippen LogP contribution >= 0.6 is 11.8 Å².